The van der Waals surface area contributed by atoms with Crippen LogP contribution in [0.5, 0.6) is 0 Å². The minimum atomic E-state index is -3.56. The number of sulfonamides is 1. The summed E-state index contributed by atoms with van der Waals surface area (Å²) >= 11 is 0. The van der Waals surface area contributed by atoms with E-state index >= 15 is 0 Å². The number of rotatable bonds is 7. The highest BCUT2D eigenvalue weighted by Crippen LogP contribution is 2.30. The van der Waals surface area contributed by atoms with Gasteiger partial charge >= 0.3 is 0 Å². The molecule has 12 heteroatoms. The molecule has 2 unspecified atom stereocenters. The number of benzene rings is 1. The smallest absolute Gasteiger partial charge is 0.243 e. The van der Waals surface area contributed by atoms with Crippen molar-refractivity contribution in [3.8, 4) is 11.4 Å². The van der Waals surface area contributed by atoms with E-state index in [1.54, 1.807) is 30.5 Å². The van der Waals surface area contributed by atoms with Gasteiger partial charge in [-0.15, -0.1) is 0 Å². The van der Waals surface area contributed by atoms with Crippen molar-refractivity contribution < 1.29 is 17.5 Å². The molecule has 0 bridgehead atoms. The first-order valence-electron chi connectivity index (χ1n) is 12.6. The standard InChI is InChI=1S/C25H32FN7O3S/c1-3-32-9-11-33(12-10-32)37(34,35)20-6-4-19(5-7-20)29-25-28-15-21(26)23(31-25)22-16-27-24(30-22)18-8-13-36-17(2)14-18/h4-7,15-18H,3,8-14H2,1-2H3,(H,27,30)(H,28,29,31). The van der Waals surface area contributed by atoms with Crippen LogP contribution in [-0.2, 0) is 14.8 Å². The van der Waals surface area contributed by atoms with Crippen molar-refractivity contribution >= 4 is 21.7 Å². The fourth-order valence-corrected chi connectivity index (χ4v) is 6.22. The maximum absolute atomic E-state index is 14.6. The zero-order valence-electron chi connectivity index (χ0n) is 21.0. The maximum atomic E-state index is 14.6. The number of nitrogens with zero attached hydrogens (tertiary/aromatic N) is 5. The number of hydrogen-bond acceptors (Lipinski definition) is 8. The quantitative estimate of drug-likeness (QED) is 0.479. The highest BCUT2D eigenvalue weighted by Gasteiger charge is 2.28. The van der Waals surface area contributed by atoms with Gasteiger partial charge in [-0.05, 0) is 50.6 Å². The van der Waals surface area contributed by atoms with Gasteiger partial charge in [-0.2, -0.15) is 4.31 Å². The summed E-state index contributed by atoms with van der Waals surface area (Å²) in [7, 11) is -3.56. The number of likely N-dealkylation sites (N-methyl/N-ethyl adjacent to an activating group) is 1. The molecule has 198 valence electrons. The van der Waals surface area contributed by atoms with E-state index in [9.17, 15) is 12.8 Å². The second-order valence-corrected chi connectivity index (χ2v) is 11.4. The lowest BCUT2D eigenvalue weighted by molar-refractivity contribution is 0.0174. The van der Waals surface area contributed by atoms with Crippen molar-refractivity contribution in [3.63, 3.8) is 0 Å². The van der Waals surface area contributed by atoms with Gasteiger partial charge in [0.2, 0.25) is 16.0 Å². The Morgan fingerprint density at radius 3 is 2.59 bits per heavy atom. The van der Waals surface area contributed by atoms with Gasteiger partial charge in [0.1, 0.15) is 11.5 Å². The predicted molar refractivity (Wildman–Crippen MR) is 138 cm³/mol. The third-order valence-electron chi connectivity index (χ3n) is 6.99. The molecule has 0 spiro atoms. The average Bonchev–Trinajstić information content (AvgIpc) is 3.40. The minimum absolute atomic E-state index is 0.113. The van der Waals surface area contributed by atoms with Gasteiger partial charge in [0.05, 0.1) is 29.1 Å². The third kappa shape index (κ3) is 5.66. The molecule has 2 N–H and O–H groups in total. The molecule has 2 aliphatic rings. The molecule has 10 nitrogen and oxygen atoms in total. The van der Waals surface area contributed by atoms with Gasteiger partial charge in [-0.25, -0.2) is 27.8 Å². The Balaban J connectivity index is 1.28. The monoisotopic (exact) mass is 529 g/mol. The molecule has 0 saturated carbocycles. The molecular formula is C25H32FN7O3S. The number of aromatic amines is 1. The zero-order chi connectivity index (χ0) is 26.0. The second kappa shape index (κ2) is 10.8. The highest BCUT2D eigenvalue weighted by molar-refractivity contribution is 7.89. The maximum Gasteiger partial charge on any atom is 0.243 e. The van der Waals surface area contributed by atoms with E-state index in [0.29, 0.717) is 31.1 Å². The van der Waals surface area contributed by atoms with E-state index in [1.165, 1.54) is 4.31 Å². The van der Waals surface area contributed by atoms with Crippen molar-refractivity contribution in [3.05, 3.63) is 48.3 Å². The summed E-state index contributed by atoms with van der Waals surface area (Å²) in [5.41, 5.74) is 1.18. The van der Waals surface area contributed by atoms with Gasteiger partial charge in [-0.1, -0.05) is 6.92 Å². The van der Waals surface area contributed by atoms with E-state index in [-0.39, 0.29) is 28.6 Å². The summed E-state index contributed by atoms with van der Waals surface area (Å²) in [4.78, 5) is 18.5. The topological polar surface area (TPSA) is 116 Å². The van der Waals surface area contributed by atoms with Crippen LogP contribution < -0.4 is 5.32 Å². The van der Waals surface area contributed by atoms with Crippen LogP contribution in [0.3, 0.4) is 0 Å². The number of piperazine rings is 1. The summed E-state index contributed by atoms with van der Waals surface area (Å²) < 4.78 is 47.8. The van der Waals surface area contributed by atoms with Crippen LogP contribution in [0.15, 0.2) is 41.6 Å². The molecule has 4 heterocycles. The van der Waals surface area contributed by atoms with Crippen LogP contribution in [0.25, 0.3) is 11.4 Å². The Labute approximate surface area is 216 Å². The molecule has 5 rings (SSSR count). The van der Waals surface area contributed by atoms with E-state index in [2.05, 4.69) is 37.1 Å². The molecule has 2 saturated heterocycles. The molecule has 37 heavy (non-hydrogen) atoms. The lowest BCUT2D eigenvalue weighted by Gasteiger charge is -2.33. The van der Waals surface area contributed by atoms with Crippen molar-refractivity contribution in [2.75, 3.05) is 44.6 Å². The summed E-state index contributed by atoms with van der Waals surface area (Å²) in [6.45, 7) is 8.11. The number of H-pyrrole nitrogens is 1. The molecule has 0 aliphatic carbocycles. The van der Waals surface area contributed by atoms with Gasteiger partial charge < -0.3 is 19.9 Å². The van der Waals surface area contributed by atoms with Crippen LogP contribution in [-0.4, -0.2) is 83.0 Å². The van der Waals surface area contributed by atoms with Gasteiger partial charge in [-0.3, -0.25) is 0 Å². The van der Waals surface area contributed by atoms with Crippen LogP contribution in [0.4, 0.5) is 16.0 Å². The fourth-order valence-electron chi connectivity index (χ4n) is 4.80. The van der Waals surface area contributed by atoms with Crippen LogP contribution in [0.2, 0.25) is 0 Å². The lowest BCUT2D eigenvalue weighted by atomic mass is 9.96. The van der Waals surface area contributed by atoms with E-state index in [4.69, 9.17) is 4.74 Å². The summed E-state index contributed by atoms with van der Waals surface area (Å²) in [5, 5.41) is 3.03. The number of halogens is 1. The van der Waals surface area contributed by atoms with Crippen molar-refractivity contribution in [2.45, 2.75) is 43.6 Å². The average molecular weight is 530 g/mol. The summed E-state index contributed by atoms with van der Waals surface area (Å²) in [6, 6.07) is 6.43. The Hall–Kier alpha value is -2.93. The predicted octanol–water partition coefficient (Wildman–Crippen LogP) is 3.36. The number of imidazole rings is 1. The van der Waals surface area contributed by atoms with Crippen LogP contribution >= 0.6 is 0 Å². The Morgan fingerprint density at radius 2 is 1.89 bits per heavy atom. The first kappa shape index (κ1) is 25.7. The first-order valence-corrected chi connectivity index (χ1v) is 14.1. The molecule has 3 aromatic rings. The molecule has 0 amide bonds. The Morgan fingerprint density at radius 1 is 1.14 bits per heavy atom. The van der Waals surface area contributed by atoms with Crippen molar-refractivity contribution in [2.24, 2.45) is 0 Å². The molecule has 2 fully saturated rings. The first-order chi connectivity index (χ1) is 17.8. The number of hydrogen-bond donors (Lipinski definition) is 2. The summed E-state index contributed by atoms with van der Waals surface area (Å²) in [6.07, 6.45) is 4.57. The number of ether oxygens (including phenoxy) is 1. The van der Waals surface area contributed by atoms with Crippen molar-refractivity contribution in [1.82, 2.24) is 29.1 Å². The minimum Gasteiger partial charge on any atom is -0.378 e. The molecule has 1 aromatic carbocycles. The van der Waals surface area contributed by atoms with Gasteiger partial charge in [0, 0.05) is 44.4 Å². The second-order valence-electron chi connectivity index (χ2n) is 9.46. The number of nitrogens with one attached hydrogen (secondary N) is 2. The van der Waals surface area contributed by atoms with Crippen LogP contribution in [0.1, 0.15) is 38.4 Å². The van der Waals surface area contributed by atoms with E-state index in [0.717, 1.165) is 44.5 Å². The van der Waals surface area contributed by atoms with Crippen LogP contribution in [0, 0.1) is 5.82 Å². The largest absolute Gasteiger partial charge is 0.378 e. The number of aromatic nitrogens is 4. The van der Waals surface area contributed by atoms with E-state index in [1.807, 2.05) is 6.92 Å². The van der Waals surface area contributed by atoms with Gasteiger partial charge in [0.15, 0.2) is 5.82 Å². The van der Waals surface area contributed by atoms with Gasteiger partial charge in [0.25, 0.3) is 0 Å². The number of anilines is 2. The molecule has 2 aromatic heterocycles. The lowest BCUT2D eigenvalue weighted by Crippen LogP contribution is -2.48. The molecule has 0 radical (unpaired) electrons. The SMILES string of the molecule is CCN1CCN(S(=O)(=O)c2ccc(Nc3ncc(F)c(-c4cnc(C5CCOC(C)C5)[nH]4)n3)cc2)CC1. The molecule has 2 atom stereocenters. The normalized spacial score (nSPS) is 21.7. The third-order valence-corrected chi connectivity index (χ3v) is 8.91. The molecular weight excluding hydrogens is 497 g/mol. The summed E-state index contributed by atoms with van der Waals surface area (Å²) in [5.74, 6) is 0.653. The fraction of sp³-hybridized carbons (Fsp3) is 0.480. The van der Waals surface area contributed by atoms with Crippen molar-refractivity contribution in [1.29, 1.82) is 0 Å². The highest BCUT2D eigenvalue weighted by atomic mass is 32.2. The Kier molecular flexibility index (Phi) is 7.52. The Bertz CT molecular complexity index is 1320. The molecule has 2 aliphatic heterocycles. The van der Waals surface area contributed by atoms with E-state index < -0.39 is 15.8 Å². The zero-order valence-corrected chi connectivity index (χ0v) is 21.8.